The Morgan fingerprint density at radius 1 is 0.971 bits per heavy atom. The number of morpholine rings is 1. The van der Waals surface area contributed by atoms with Gasteiger partial charge in [0.1, 0.15) is 12.4 Å². The number of aromatic nitrogens is 3. The Morgan fingerprint density at radius 2 is 1.76 bits per heavy atom. The summed E-state index contributed by atoms with van der Waals surface area (Å²) in [5.74, 6) is 0.562. The van der Waals surface area contributed by atoms with Crippen LogP contribution < -0.4 is 10.3 Å². The Balaban J connectivity index is 0.00000133. The number of ether oxygens (including phenoxy) is 2. The molecule has 0 N–H and O–H groups in total. The molecule has 1 fully saturated rings. The van der Waals surface area contributed by atoms with Gasteiger partial charge in [-0.15, -0.1) is 0 Å². The average Bonchev–Trinajstić information content (AvgIpc) is 3.31. The van der Waals surface area contributed by atoms with Gasteiger partial charge in [-0.2, -0.15) is 5.10 Å². The Hall–Kier alpha value is -3.42. The lowest BCUT2D eigenvalue weighted by Crippen LogP contribution is -2.38. The summed E-state index contributed by atoms with van der Waals surface area (Å²) >= 11 is 0. The first-order valence-electron chi connectivity index (χ1n) is 11.9. The third-order valence-electron chi connectivity index (χ3n) is 5.77. The highest BCUT2D eigenvalue weighted by molar-refractivity contribution is 5.80. The van der Waals surface area contributed by atoms with Crippen molar-refractivity contribution in [1.82, 2.24) is 19.2 Å². The van der Waals surface area contributed by atoms with Crippen LogP contribution in [0.5, 0.6) is 5.75 Å². The molecular weight excluding hydrogens is 428 g/mol. The van der Waals surface area contributed by atoms with Gasteiger partial charge >= 0.3 is 0 Å². The molecule has 0 saturated carbocycles. The predicted molar refractivity (Wildman–Crippen MR) is 135 cm³/mol. The molecule has 0 spiro atoms. The number of hydrogen-bond donors (Lipinski definition) is 0. The monoisotopic (exact) mass is 460 g/mol. The molecule has 2 aromatic carbocycles. The fraction of sp³-hybridized carbons (Fsp3) is 0.333. The van der Waals surface area contributed by atoms with Crippen LogP contribution in [0.1, 0.15) is 19.4 Å². The van der Waals surface area contributed by atoms with E-state index < -0.39 is 0 Å². The fourth-order valence-corrected chi connectivity index (χ4v) is 3.97. The summed E-state index contributed by atoms with van der Waals surface area (Å²) in [5.41, 5.74) is 2.81. The van der Waals surface area contributed by atoms with Gasteiger partial charge in [-0.05, 0) is 29.8 Å². The summed E-state index contributed by atoms with van der Waals surface area (Å²) in [7, 11) is 0. The Labute approximate surface area is 200 Å². The van der Waals surface area contributed by atoms with Crippen molar-refractivity contribution in [2.24, 2.45) is 0 Å². The van der Waals surface area contributed by atoms with Crippen molar-refractivity contribution in [3.63, 3.8) is 0 Å². The SMILES string of the molecule is CC.O=c1cc(OCc2ccccc2)ccn1-c1ccc2c(cnn2CCN2CCOCC2)c1. The summed E-state index contributed by atoms with van der Waals surface area (Å²) in [6, 6.07) is 19.2. The van der Waals surface area contributed by atoms with Crippen molar-refractivity contribution < 1.29 is 9.47 Å². The molecule has 0 aliphatic carbocycles. The number of nitrogens with zero attached hydrogens (tertiary/aromatic N) is 4. The summed E-state index contributed by atoms with van der Waals surface area (Å²) < 4.78 is 14.8. The summed E-state index contributed by atoms with van der Waals surface area (Å²) in [6.07, 6.45) is 3.62. The van der Waals surface area contributed by atoms with Gasteiger partial charge in [-0.3, -0.25) is 18.9 Å². The number of rotatable bonds is 7. The Bertz CT molecular complexity index is 1240. The van der Waals surface area contributed by atoms with E-state index >= 15 is 0 Å². The van der Waals surface area contributed by atoms with Gasteiger partial charge in [0.2, 0.25) is 0 Å². The molecule has 3 heterocycles. The summed E-state index contributed by atoms with van der Waals surface area (Å²) in [4.78, 5) is 15.1. The maximum Gasteiger partial charge on any atom is 0.258 e. The van der Waals surface area contributed by atoms with Gasteiger partial charge in [-0.1, -0.05) is 44.2 Å². The normalized spacial score (nSPS) is 13.9. The average molecular weight is 461 g/mol. The Morgan fingerprint density at radius 3 is 2.53 bits per heavy atom. The molecule has 2 aromatic heterocycles. The smallest absolute Gasteiger partial charge is 0.258 e. The first-order valence-corrected chi connectivity index (χ1v) is 11.9. The molecule has 0 unspecified atom stereocenters. The van der Waals surface area contributed by atoms with Crippen molar-refractivity contribution in [3.05, 3.63) is 89.0 Å². The van der Waals surface area contributed by atoms with Crippen LogP contribution in [0.25, 0.3) is 16.6 Å². The van der Waals surface area contributed by atoms with E-state index in [4.69, 9.17) is 9.47 Å². The number of pyridine rings is 1. The quantitative estimate of drug-likeness (QED) is 0.415. The van der Waals surface area contributed by atoms with Crippen LogP contribution in [-0.2, 0) is 17.9 Å². The minimum absolute atomic E-state index is 0.130. The fourth-order valence-electron chi connectivity index (χ4n) is 3.97. The first kappa shape index (κ1) is 23.7. The maximum absolute atomic E-state index is 12.7. The standard InChI is InChI=1S/C25H26N4O3.C2H6/c30-25-17-23(32-19-20-4-2-1-3-5-20)8-9-28(25)22-6-7-24-21(16-22)18-26-29(24)11-10-27-12-14-31-15-13-27;1-2/h1-9,16-18H,10-15,19H2;1-2H3. The van der Waals surface area contributed by atoms with E-state index in [0.717, 1.165) is 61.5 Å². The zero-order valence-corrected chi connectivity index (χ0v) is 19.9. The molecule has 178 valence electrons. The van der Waals surface area contributed by atoms with Crippen LogP contribution in [0.15, 0.2) is 77.9 Å². The lowest BCUT2D eigenvalue weighted by molar-refractivity contribution is 0.0361. The lowest BCUT2D eigenvalue weighted by Gasteiger charge is -2.26. The van der Waals surface area contributed by atoms with Crippen LogP contribution in [0.3, 0.4) is 0 Å². The highest BCUT2D eigenvalue weighted by atomic mass is 16.5. The lowest BCUT2D eigenvalue weighted by atomic mass is 10.2. The van der Waals surface area contributed by atoms with Crippen molar-refractivity contribution in [1.29, 1.82) is 0 Å². The molecule has 1 saturated heterocycles. The minimum atomic E-state index is -0.130. The van der Waals surface area contributed by atoms with Gasteiger partial charge in [0.05, 0.1) is 31.5 Å². The van der Waals surface area contributed by atoms with Crippen molar-refractivity contribution in [2.45, 2.75) is 27.0 Å². The van der Waals surface area contributed by atoms with Crippen LogP contribution in [0.2, 0.25) is 0 Å². The van der Waals surface area contributed by atoms with Gasteiger partial charge in [-0.25, -0.2) is 0 Å². The molecule has 7 heteroatoms. The van der Waals surface area contributed by atoms with E-state index in [2.05, 4.69) is 10.00 Å². The molecule has 1 aliphatic heterocycles. The molecule has 0 amide bonds. The van der Waals surface area contributed by atoms with Crippen molar-refractivity contribution in [2.75, 3.05) is 32.8 Å². The zero-order valence-electron chi connectivity index (χ0n) is 19.9. The second-order valence-electron chi connectivity index (χ2n) is 7.91. The number of benzene rings is 2. The predicted octanol–water partition coefficient (Wildman–Crippen LogP) is 4.12. The minimum Gasteiger partial charge on any atom is -0.489 e. The molecule has 0 radical (unpaired) electrons. The van der Waals surface area contributed by atoms with Crippen LogP contribution >= 0.6 is 0 Å². The molecular formula is C27H32N4O3. The molecule has 5 rings (SSSR count). The van der Waals surface area contributed by atoms with Gasteiger partial charge in [0, 0.05) is 43.0 Å². The molecule has 0 bridgehead atoms. The van der Waals surface area contributed by atoms with E-state index in [9.17, 15) is 4.79 Å². The largest absolute Gasteiger partial charge is 0.489 e. The third-order valence-corrected chi connectivity index (χ3v) is 5.77. The van der Waals surface area contributed by atoms with E-state index in [1.807, 2.05) is 79.3 Å². The molecule has 0 atom stereocenters. The second-order valence-corrected chi connectivity index (χ2v) is 7.91. The first-order chi connectivity index (χ1) is 16.8. The molecule has 4 aromatic rings. The van der Waals surface area contributed by atoms with Crippen LogP contribution in [0, 0.1) is 0 Å². The molecule has 7 nitrogen and oxygen atoms in total. The van der Waals surface area contributed by atoms with Crippen LogP contribution in [0.4, 0.5) is 0 Å². The third kappa shape index (κ3) is 5.73. The maximum atomic E-state index is 12.7. The van der Waals surface area contributed by atoms with Gasteiger partial charge in [0.15, 0.2) is 0 Å². The van der Waals surface area contributed by atoms with E-state index in [-0.39, 0.29) is 5.56 Å². The highest BCUT2D eigenvalue weighted by Gasteiger charge is 2.12. The zero-order chi connectivity index (χ0) is 23.8. The van der Waals surface area contributed by atoms with Crippen molar-refractivity contribution in [3.8, 4) is 11.4 Å². The van der Waals surface area contributed by atoms with Gasteiger partial charge in [0.25, 0.3) is 5.56 Å². The second kappa shape index (κ2) is 11.6. The Kier molecular flexibility index (Phi) is 8.12. The highest BCUT2D eigenvalue weighted by Crippen LogP contribution is 2.19. The van der Waals surface area contributed by atoms with E-state index in [1.54, 1.807) is 10.8 Å². The summed E-state index contributed by atoms with van der Waals surface area (Å²) in [5, 5.41) is 5.57. The topological polar surface area (TPSA) is 61.5 Å². The molecule has 34 heavy (non-hydrogen) atoms. The summed E-state index contributed by atoms with van der Waals surface area (Å²) in [6.45, 7) is 9.75. The van der Waals surface area contributed by atoms with Crippen LogP contribution in [-0.4, -0.2) is 52.1 Å². The number of fused-ring (bicyclic) bond motifs is 1. The van der Waals surface area contributed by atoms with E-state index in [1.165, 1.54) is 6.07 Å². The van der Waals surface area contributed by atoms with Gasteiger partial charge < -0.3 is 9.47 Å². The van der Waals surface area contributed by atoms with E-state index in [0.29, 0.717) is 12.4 Å². The molecule has 1 aliphatic rings. The number of hydrogen-bond acceptors (Lipinski definition) is 5. The van der Waals surface area contributed by atoms with Crippen molar-refractivity contribution >= 4 is 10.9 Å².